The summed E-state index contributed by atoms with van der Waals surface area (Å²) in [4.78, 5) is 17.5. The fraction of sp³-hybridized carbons (Fsp3) is 0.118. The first-order chi connectivity index (χ1) is 19.1. The molecule has 0 aliphatic carbocycles. The van der Waals surface area contributed by atoms with Gasteiger partial charge in [0, 0.05) is 31.0 Å². The Morgan fingerprint density at radius 1 is 0.615 bits per heavy atom. The summed E-state index contributed by atoms with van der Waals surface area (Å²) in [7, 11) is 3.28. The molecule has 5 heteroatoms. The van der Waals surface area contributed by atoms with E-state index in [9.17, 15) is 4.79 Å². The monoisotopic (exact) mass is 514 g/mol. The van der Waals surface area contributed by atoms with Gasteiger partial charge in [0.25, 0.3) is 0 Å². The van der Waals surface area contributed by atoms with Crippen molar-refractivity contribution in [3.8, 4) is 0 Å². The largest absolute Gasteiger partial charge is 0.477 e. The average molecular weight is 514 g/mol. The Bertz CT molecular complexity index is 1260. The summed E-state index contributed by atoms with van der Waals surface area (Å²) in [6, 6.07) is 47.4. The van der Waals surface area contributed by atoms with Crippen molar-refractivity contribution in [3.05, 3.63) is 151 Å². The number of nitrogens with zero attached hydrogens (tertiary/aromatic N) is 2. The number of aromatic nitrogens is 1. The Labute approximate surface area is 232 Å². The maximum Gasteiger partial charge on any atom is 0.477 e. The lowest BCUT2D eigenvalue weighted by molar-refractivity contribution is -0.869. The summed E-state index contributed by atoms with van der Waals surface area (Å²) < 4.78 is 1.39. The number of aryl methyl sites for hydroxylation is 1. The van der Waals surface area contributed by atoms with Crippen molar-refractivity contribution in [1.29, 1.82) is 0 Å². The van der Waals surface area contributed by atoms with Crippen LogP contribution in [0.3, 0.4) is 0 Å². The van der Waals surface area contributed by atoms with Crippen LogP contribution >= 0.6 is 0 Å². The van der Waals surface area contributed by atoms with Gasteiger partial charge in [-0.05, 0) is 12.0 Å². The number of rotatable bonds is 6. The Morgan fingerprint density at radius 2 is 0.949 bits per heavy atom. The minimum atomic E-state index is -1.22. The van der Waals surface area contributed by atoms with E-state index in [-0.39, 0.29) is 6.09 Å². The predicted molar refractivity (Wildman–Crippen MR) is 162 cm³/mol. The Kier molecular flexibility index (Phi) is 9.31. The molecule has 39 heavy (non-hydrogen) atoms. The lowest BCUT2D eigenvalue weighted by Gasteiger charge is -2.44. The van der Waals surface area contributed by atoms with Crippen LogP contribution in [0.4, 0.5) is 4.79 Å². The zero-order valence-electron chi connectivity index (χ0n) is 22.9. The Morgan fingerprint density at radius 3 is 1.23 bits per heavy atom. The van der Waals surface area contributed by atoms with E-state index in [1.807, 2.05) is 12.1 Å². The van der Waals surface area contributed by atoms with Crippen molar-refractivity contribution < 1.29 is 14.4 Å². The number of hydrogen-bond donors (Lipinski definition) is 0. The van der Waals surface area contributed by atoms with Gasteiger partial charge in [-0.25, -0.2) is 4.79 Å². The molecule has 0 aliphatic heterocycles. The zero-order chi connectivity index (χ0) is 27.5. The summed E-state index contributed by atoms with van der Waals surface area (Å²) in [5.74, 6) is 0. The molecule has 1 amide bonds. The summed E-state index contributed by atoms with van der Waals surface area (Å²) in [5, 5.41) is 0. The fourth-order valence-electron chi connectivity index (χ4n) is 5.03. The number of amides is 1. The van der Waals surface area contributed by atoms with Crippen molar-refractivity contribution in [2.75, 3.05) is 14.1 Å². The molecule has 0 fully saturated rings. The summed E-state index contributed by atoms with van der Waals surface area (Å²) in [6.45, 7) is 2.07. The van der Waals surface area contributed by atoms with E-state index in [1.54, 1.807) is 26.5 Å². The number of pyridine rings is 1. The van der Waals surface area contributed by atoms with E-state index < -0.39 is 6.15 Å². The van der Waals surface area contributed by atoms with Crippen LogP contribution in [0.25, 0.3) is 0 Å². The molecular weight excluding hydrogens is 479 g/mol. The molecule has 0 saturated carbocycles. The van der Waals surface area contributed by atoms with Crippen LogP contribution in [0, 0.1) is 0 Å². The second-order valence-electron chi connectivity index (χ2n) is 9.68. The topological polar surface area (TPSA) is 33.4 Å². The molecule has 1 aromatic heterocycles. The molecule has 0 atom stereocenters. The smallest absolute Gasteiger partial charge is 0.309 e. The van der Waals surface area contributed by atoms with Crippen molar-refractivity contribution in [1.82, 2.24) is 4.90 Å². The molecule has 0 bridgehead atoms. The first kappa shape index (κ1) is 27.4. The van der Waals surface area contributed by atoms with Gasteiger partial charge in [0.2, 0.25) is 12.4 Å². The number of hydrogen-bond acceptors (Lipinski definition) is 2. The third-order valence-electron chi connectivity index (χ3n) is 7.03. The first-order valence-corrected chi connectivity index (χ1v) is 13.3. The molecular formula is C34H35BN2O2. The molecule has 0 N–H and O–H groups in total. The van der Waals surface area contributed by atoms with Crippen molar-refractivity contribution in [2.24, 2.45) is 0 Å². The van der Waals surface area contributed by atoms with Gasteiger partial charge in [-0.3, -0.25) is 0 Å². The number of benzene rings is 4. The second-order valence-corrected chi connectivity index (χ2v) is 9.68. The van der Waals surface area contributed by atoms with Gasteiger partial charge in [0.1, 0.15) is 6.15 Å². The number of carbonyl (C=O) groups excluding carboxylic acids is 1. The molecule has 0 aliphatic rings. The van der Waals surface area contributed by atoms with Crippen LogP contribution in [0.5, 0.6) is 0 Å². The third kappa shape index (κ3) is 6.44. The minimum absolute atomic E-state index is 0.390. The molecule has 0 saturated heterocycles. The van der Waals surface area contributed by atoms with E-state index >= 15 is 0 Å². The zero-order valence-corrected chi connectivity index (χ0v) is 22.9. The van der Waals surface area contributed by atoms with Gasteiger partial charge >= 0.3 is 6.09 Å². The highest BCUT2D eigenvalue weighted by molar-refractivity contribution is 7.19. The molecule has 5 aromatic rings. The van der Waals surface area contributed by atoms with Gasteiger partial charge in [0.05, 0.1) is 0 Å². The molecule has 1 heterocycles. The minimum Gasteiger partial charge on any atom is -0.309 e. The molecule has 0 spiro atoms. The first-order valence-electron chi connectivity index (χ1n) is 13.3. The van der Waals surface area contributed by atoms with Gasteiger partial charge in [0.15, 0.2) is 0 Å². The molecule has 4 nitrogen and oxygen atoms in total. The highest BCUT2D eigenvalue weighted by Crippen LogP contribution is 2.09. The van der Waals surface area contributed by atoms with Gasteiger partial charge in [-0.15, -0.1) is 0 Å². The fourth-order valence-corrected chi connectivity index (χ4v) is 5.03. The van der Waals surface area contributed by atoms with E-state index in [0.717, 1.165) is 6.42 Å². The van der Waals surface area contributed by atoms with Crippen LogP contribution in [-0.2, 0) is 6.42 Å². The lowest BCUT2D eigenvalue weighted by Crippen LogP contribution is -2.74. The maximum atomic E-state index is 11.1. The Balaban J connectivity index is 0.000000215. The summed E-state index contributed by atoms with van der Waals surface area (Å²) in [5.41, 5.74) is 6.57. The third-order valence-corrected chi connectivity index (χ3v) is 7.03. The standard InChI is InChI=1S/C24H20B.C10H15N2O2/c1-5-13-21(14-6-1)25(22-15-7-2-8-16-22,23-17-9-3-10-18-23)24-19-11-4-12-20-24;1-4-9-5-7-12(8-6-9)14-10(13)11(2)3/h1-20H;5-8H,4H2,1-3H3/q-1;+1. The SMILES string of the molecule is CCc1cc[n+](OC(=O)N(C)C)cc1.c1ccc([B-](c2ccccc2)(c2ccccc2)c2ccccc2)cc1. The van der Waals surface area contributed by atoms with Crippen LogP contribution in [-0.4, -0.2) is 31.2 Å². The van der Waals surface area contributed by atoms with Crippen molar-refractivity contribution >= 4 is 34.1 Å². The van der Waals surface area contributed by atoms with Crippen LogP contribution in [0.15, 0.2) is 146 Å². The summed E-state index contributed by atoms with van der Waals surface area (Å²) >= 11 is 0. The number of carbonyl (C=O) groups is 1. The van der Waals surface area contributed by atoms with Gasteiger partial charge in [-0.2, -0.15) is 26.7 Å². The second kappa shape index (κ2) is 13.2. The van der Waals surface area contributed by atoms with Gasteiger partial charge < -0.3 is 4.90 Å². The predicted octanol–water partition coefficient (Wildman–Crippen LogP) is 3.71. The van der Waals surface area contributed by atoms with E-state index in [2.05, 4.69) is 128 Å². The molecule has 196 valence electrons. The van der Waals surface area contributed by atoms with Crippen LogP contribution < -0.4 is 31.4 Å². The normalized spacial score (nSPS) is 10.6. The van der Waals surface area contributed by atoms with E-state index in [1.165, 1.54) is 37.0 Å². The molecule has 5 rings (SSSR count). The summed E-state index contributed by atoms with van der Waals surface area (Å²) in [6.07, 6.45) is 2.81. The van der Waals surface area contributed by atoms with Crippen LogP contribution in [0.2, 0.25) is 0 Å². The molecule has 0 radical (unpaired) electrons. The average Bonchev–Trinajstić information content (AvgIpc) is 3.00. The molecule has 0 unspecified atom stereocenters. The van der Waals surface area contributed by atoms with E-state index in [4.69, 9.17) is 4.84 Å². The van der Waals surface area contributed by atoms with Crippen molar-refractivity contribution in [3.63, 3.8) is 0 Å². The highest BCUT2D eigenvalue weighted by Gasteiger charge is 2.31. The maximum absolute atomic E-state index is 11.1. The van der Waals surface area contributed by atoms with Crippen LogP contribution in [0.1, 0.15) is 12.5 Å². The quantitative estimate of drug-likeness (QED) is 0.256. The molecule has 4 aromatic carbocycles. The van der Waals surface area contributed by atoms with Gasteiger partial charge in [-0.1, -0.05) is 128 Å². The van der Waals surface area contributed by atoms with E-state index in [0.29, 0.717) is 0 Å². The lowest BCUT2D eigenvalue weighted by atomic mass is 9.13. The Hall–Kier alpha value is -4.64. The van der Waals surface area contributed by atoms with Crippen molar-refractivity contribution in [2.45, 2.75) is 13.3 Å². The highest BCUT2D eigenvalue weighted by atomic mass is 16.7.